The van der Waals surface area contributed by atoms with Crippen LogP contribution in [0.3, 0.4) is 0 Å². The summed E-state index contributed by atoms with van der Waals surface area (Å²) >= 11 is 0. The normalized spacial score (nSPS) is 11.5. The molecular formula is C10H6F3N3O2. The lowest BCUT2D eigenvalue weighted by Crippen LogP contribution is -2.06. The van der Waals surface area contributed by atoms with Crippen LogP contribution in [0.4, 0.5) is 18.9 Å². The summed E-state index contributed by atoms with van der Waals surface area (Å²) in [4.78, 5) is 9.95. The van der Waals surface area contributed by atoms with Crippen molar-refractivity contribution in [1.29, 1.82) is 0 Å². The third-order valence-corrected chi connectivity index (χ3v) is 2.33. The van der Waals surface area contributed by atoms with Crippen LogP contribution in [0.25, 0.3) is 11.1 Å². The number of rotatable bonds is 2. The zero-order valence-corrected chi connectivity index (χ0v) is 8.73. The molecular weight excluding hydrogens is 251 g/mol. The molecule has 1 heterocycles. The van der Waals surface area contributed by atoms with Crippen molar-refractivity contribution in [3.63, 3.8) is 0 Å². The zero-order valence-electron chi connectivity index (χ0n) is 8.73. The van der Waals surface area contributed by atoms with E-state index in [1.54, 1.807) is 0 Å². The lowest BCUT2D eigenvalue weighted by Gasteiger charge is -2.07. The van der Waals surface area contributed by atoms with E-state index in [2.05, 4.69) is 10.2 Å². The minimum atomic E-state index is -4.61. The van der Waals surface area contributed by atoms with E-state index in [1.807, 2.05) is 0 Å². The van der Waals surface area contributed by atoms with Crippen LogP contribution >= 0.6 is 0 Å². The largest absolute Gasteiger partial charge is 0.416 e. The van der Waals surface area contributed by atoms with Gasteiger partial charge in [-0.05, 0) is 12.1 Å². The van der Waals surface area contributed by atoms with Gasteiger partial charge in [0.2, 0.25) is 0 Å². The molecule has 0 bridgehead atoms. The van der Waals surface area contributed by atoms with Gasteiger partial charge in [-0.15, -0.1) is 0 Å². The summed E-state index contributed by atoms with van der Waals surface area (Å²) in [5.74, 6) is 0. The molecule has 18 heavy (non-hydrogen) atoms. The van der Waals surface area contributed by atoms with Crippen molar-refractivity contribution in [2.24, 2.45) is 0 Å². The molecule has 1 N–H and O–H groups in total. The molecule has 1 aromatic heterocycles. The van der Waals surface area contributed by atoms with Gasteiger partial charge < -0.3 is 0 Å². The van der Waals surface area contributed by atoms with Crippen LogP contribution in [0.5, 0.6) is 0 Å². The fourth-order valence-electron chi connectivity index (χ4n) is 1.50. The molecule has 1 aromatic carbocycles. The Morgan fingerprint density at radius 2 is 2.06 bits per heavy atom. The first-order chi connectivity index (χ1) is 8.39. The van der Waals surface area contributed by atoms with Crippen LogP contribution in [0.1, 0.15) is 5.56 Å². The van der Waals surface area contributed by atoms with E-state index >= 15 is 0 Å². The van der Waals surface area contributed by atoms with Gasteiger partial charge in [0.1, 0.15) is 0 Å². The molecule has 0 saturated carbocycles. The Labute approximate surface area is 98.4 Å². The van der Waals surface area contributed by atoms with E-state index in [9.17, 15) is 23.3 Å². The van der Waals surface area contributed by atoms with Crippen LogP contribution in [-0.4, -0.2) is 15.1 Å². The Hall–Kier alpha value is -2.38. The summed E-state index contributed by atoms with van der Waals surface area (Å²) in [6.45, 7) is 0. The van der Waals surface area contributed by atoms with Gasteiger partial charge in [0, 0.05) is 17.8 Å². The maximum atomic E-state index is 12.5. The monoisotopic (exact) mass is 257 g/mol. The molecule has 0 aliphatic heterocycles. The van der Waals surface area contributed by atoms with E-state index in [0.717, 1.165) is 12.1 Å². The van der Waals surface area contributed by atoms with Crippen LogP contribution in [-0.2, 0) is 6.18 Å². The molecule has 0 spiro atoms. The highest BCUT2D eigenvalue weighted by Crippen LogP contribution is 2.36. The number of alkyl halides is 3. The SMILES string of the molecule is O=[N+]([O-])c1cc(C(F)(F)F)ccc1-c1cn[nH]c1. The average molecular weight is 257 g/mol. The summed E-state index contributed by atoms with van der Waals surface area (Å²) in [6, 6.07) is 2.38. The Bertz CT molecular complexity index is 579. The first-order valence-electron chi connectivity index (χ1n) is 4.74. The van der Waals surface area contributed by atoms with Gasteiger partial charge in [-0.1, -0.05) is 0 Å². The van der Waals surface area contributed by atoms with Crippen molar-refractivity contribution in [2.45, 2.75) is 6.18 Å². The molecule has 0 fully saturated rings. The molecule has 5 nitrogen and oxygen atoms in total. The molecule has 0 unspecified atom stereocenters. The number of nitro groups is 1. The molecule has 2 aromatic rings. The Morgan fingerprint density at radius 1 is 1.33 bits per heavy atom. The number of hydrogen-bond acceptors (Lipinski definition) is 3. The lowest BCUT2D eigenvalue weighted by atomic mass is 10.0. The number of nitro benzene ring substituents is 1. The fourth-order valence-corrected chi connectivity index (χ4v) is 1.50. The van der Waals surface area contributed by atoms with E-state index in [-0.39, 0.29) is 5.56 Å². The van der Waals surface area contributed by atoms with Crippen LogP contribution < -0.4 is 0 Å². The standard InChI is InChI=1S/C10H6F3N3O2/c11-10(12,13)7-1-2-8(6-4-14-15-5-6)9(3-7)16(17)18/h1-5H,(H,14,15). The van der Waals surface area contributed by atoms with Crippen LogP contribution in [0.15, 0.2) is 30.6 Å². The number of halogens is 3. The highest BCUT2D eigenvalue weighted by atomic mass is 19.4. The van der Waals surface area contributed by atoms with Gasteiger partial charge in [0.15, 0.2) is 0 Å². The summed E-state index contributed by atoms with van der Waals surface area (Å²) in [6.07, 6.45) is -1.94. The Morgan fingerprint density at radius 3 is 2.56 bits per heavy atom. The van der Waals surface area contributed by atoms with Gasteiger partial charge in [0.25, 0.3) is 5.69 Å². The minimum absolute atomic E-state index is 0.0850. The number of aromatic nitrogens is 2. The van der Waals surface area contributed by atoms with Crippen molar-refractivity contribution in [2.75, 3.05) is 0 Å². The predicted molar refractivity (Wildman–Crippen MR) is 55.7 cm³/mol. The number of H-pyrrole nitrogens is 1. The first-order valence-corrected chi connectivity index (χ1v) is 4.74. The molecule has 8 heteroatoms. The Kier molecular flexibility index (Phi) is 2.77. The van der Waals surface area contributed by atoms with Crippen molar-refractivity contribution in [1.82, 2.24) is 10.2 Å². The topological polar surface area (TPSA) is 71.8 Å². The number of hydrogen-bond donors (Lipinski definition) is 1. The quantitative estimate of drug-likeness (QED) is 0.664. The molecule has 0 amide bonds. The van der Waals surface area contributed by atoms with Crippen molar-refractivity contribution in [3.8, 4) is 11.1 Å². The molecule has 2 rings (SSSR count). The van der Waals surface area contributed by atoms with Crippen molar-refractivity contribution < 1.29 is 18.1 Å². The van der Waals surface area contributed by atoms with Gasteiger partial charge >= 0.3 is 6.18 Å². The smallest absolute Gasteiger partial charge is 0.285 e. The summed E-state index contributed by atoms with van der Waals surface area (Å²) < 4.78 is 37.4. The van der Waals surface area contributed by atoms with E-state index in [1.165, 1.54) is 12.4 Å². The number of nitrogens with zero attached hydrogens (tertiary/aromatic N) is 2. The third-order valence-electron chi connectivity index (χ3n) is 2.33. The highest BCUT2D eigenvalue weighted by Gasteiger charge is 2.33. The molecule has 0 atom stereocenters. The molecule has 0 aliphatic carbocycles. The molecule has 0 saturated heterocycles. The third kappa shape index (κ3) is 2.17. The fraction of sp³-hybridized carbons (Fsp3) is 0.100. The highest BCUT2D eigenvalue weighted by molar-refractivity contribution is 5.73. The van der Waals surface area contributed by atoms with Gasteiger partial charge in [-0.2, -0.15) is 18.3 Å². The zero-order chi connectivity index (χ0) is 13.3. The minimum Gasteiger partial charge on any atom is -0.285 e. The van der Waals surface area contributed by atoms with E-state index in [4.69, 9.17) is 0 Å². The second-order valence-corrected chi connectivity index (χ2v) is 3.47. The Balaban J connectivity index is 2.59. The first kappa shape index (κ1) is 12.1. The van der Waals surface area contributed by atoms with Crippen LogP contribution in [0, 0.1) is 10.1 Å². The van der Waals surface area contributed by atoms with Gasteiger partial charge in [-0.25, -0.2) is 0 Å². The van der Waals surface area contributed by atoms with E-state index in [0.29, 0.717) is 11.6 Å². The average Bonchev–Trinajstić information content (AvgIpc) is 2.80. The van der Waals surface area contributed by atoms with Crippen molar-refractivity contribution >= 4 is 5.69 Å². The molecule has 94 valence electrons. The second kappa shape index (κ2) is 4.13. The van der Waals surface area contributed by atoms with Gasteiger partial charge in [-0.3, -0.25) is 15.2 Å². The lowest BCUT2D eigenvalue weighted by molar-refractivity contribution is -0.384. The summed E-state index contributed by atoms with van der Waals surface area (Å²) in [7, 11) is 0. The molecule has 0 aliphatic rings. The van der Waals surface area contributed by atoms with Crippen molar-refractivity contribution in [3.05, 3.63) is 46.3 Å². The van der Waals surface area contributed by atoms with E-state index < -0.39 is 22.4 Å². The maximum absolute atomic E-state index is 12.5. The maximum Gasteiger partial charge on any atom is 0.416 e. The second-order valence-electron chi connectivity index (χ2n) is 3.47. The number of aromatic amines is 1. The summed E-state index contributed by atoms with van der Waals surface area (Å²) in [5.41, 5.74) is -1.22. The number of nitrogens with one attached hydrogen (secondary N) is 1. The predicted octanol–water partition coefficient (Wildman–Crippen LogP) is 3.00. The number of benzene rings is 1. The van der Waals surface area contributed by atoms with Gasteiger partial charge in [0.05, 0.1) is 22.2 Å². The van der Waals surface area contributed by atoms with Crippen LogP contribution in [0.2, 0.25) is 0 Å². The molecule has 0 radical (unpaired) electrons. The summed E-state index contributed by atoms with van der Waals surface area (Å²) in [5, 5.41) is 16.8.